The molecule has 0 spiro atoms. The number of rotatable bonds is 2. The second-order valence-corrected chi connectivity index (χ2v) is 4.88. The van der Waals surface area contributed by atoms with E-state index in [1.165, 1.54) is 22.2 Å². The van der Waals surface area contributed by atoms with Crippen molar-refractivity contribution in [1.29, 1.82) is 0 Å². The smallest absolute Gasteiger partial charge is 0.0726 e. The van der Waals surface area contributed by atoms with Crippen LogP contribution in [0.1, 0.15) is 36.6 Å². The lowest BCUT2D eigenvalue weighted by Gasteiger charge is -2.14. The van der Waals surface area contributed by atoms with Crippen molar-refractivity contribution in [2.45, 2.75) is 33.6 Å². The van der Waals surface area contributed by atoms with Gasteiger partial charge in [0.25, 0.3) is 0 Å². The highest BCUT2D eigenvalue weighted by Crippen LogP contribution is 2.29. The van der Waals surface area contributed by atoms with Gasteiger partial charge in [0, 0.05) is 23.8 Å². The van der Waals surface area contributed by atoms with E-state index in [0.717, 1.165) is 11.2 Å². The summed E-state index contributed by atoms with van der Waals surface area (Å²) >= 11 is 0. The Labute approximate surface area is 103 Å². The van der Waals surface area contributed by atoms with E-state index in [4.69, 9.17) is 0 Å². The minimum Gasteiger partial charge on any atom is -0.387 e. The maximum absolute atomic E-state index is 4.64. The van der Waals surface area contributed by atoms with Crippen molar-refractivity contribution in [3.05, 3.63) is 35.0 Å². The van der Waals surface area contributed by atoms with Crippen LogP contribution in [0.15, 0.2) is 18.2 Å². The van der Waals surface area contributed by atoms with Crippen molar-refractivity contribution in [2.75, 3.05) is 12.4 Å². The number of nitrogens with zero attached hydrogens (tertiary/aromatic N) is 1. The quantitative estimate of drug-likeness (QED) is 0.839. The molecule has 2 heteroatoms. The summed E-state index contributed by atoms with van der Waals surface area (Å²) in [5.41, 5.74) is 5.97. The van der Waals surface area contributed by atoms with Crippen LogP contribution in [-0.4, -0.2) is 12.0 Å². The van der Waals surface area contributed by atoms with Crippen LogP contribution < -0.4 is 5.32 Å². The summed E-state index contributed by atoms with van der Waals surface area (Å²) in [6, 6.07) is 6.55. The molecule has 17 heavy (non-hydrogen) atoms. The largest absolute Gasteiger partial charge is 0.387 e. The fourth-order valence-electron chi connectivity index (χ4n) is 2.18. The number of hydrogen-bond acceptors (Lipinski definition) is 2. The molecule has 90 valence electrons. The Morgan fingerprint density at radius 1 is 1.18 bits per heavy atom. The summed E-state index contributed by atoms with van der Waals surface area (Å²) in [7, 11) is 1.98. The molecule has 1 N–H and O–H groups in total. The first-order chi connectivity index (χ1) is 8.04. The minimum atomic E-state index is 0.547. The predicted molar refractivity (Wildman–Crippen MR) is 74.9 cm³/mol. The first-order valence-corrected chi connectivity index (χ1v) is 6.13. The molecule has 0 amide bonds. The molecule has 0 aliphatic carbocycles. The molecule has 1 heterocycles. The van der Waals surface area contributed by atoms with Crippen molar-refractivity contribution in [2.24, 2.45) is 0 Å². The molecule has 1 aromatic carbocycles. The van der Waals surface area contributed by atoms with Gasteiger partial charge in [0.1, 0.15) is 0 Å². The molecule has 0 saturated carbocycles. The number of benzene rings is 1. The Kier molecular flexibility index (Phi) is 3.05. The lowest BCUT2D eigenvalue weighted by atomic mass is 9.99. The van der Waals surface area contributed by atoms with Gasteiger partial charge in [0.05, 0.1) is 5.52 Å². The Hall–Kier alpha value is -1.57. The number of aromatic nitrogens is 1. The number of nitrogens with one attached hydrogen (secondary N) is 1. The minimum absolute atomic E-state index is 0.547. The third-order valence-corrected chi connectivity index (χ3v) is 3.41. The van der Waals surface area contributed by atoms with Crippen LogP contribution in [0.2, 0.25) is 0 Å². The molecule has 2 aromatic rings. The predicted octanol–water partition coefficient (Wildman–Crippen LogP) is 4.02. The second-order valence-electron chi connectivity index (χ2n) is 4.88. The maximum atomic E-state index is 4.64. The van der Waals surface area contributed by atoms with E-state index in [2.05, 4.69) is 56.2 Å². The Morgan fingerprint density at radius 3 is 2.47 bits per heavy atom. The fourth-order valence-corrected chi connectivity index (χ4v) is 2.18. The van der Waals surface area contributed by atoms with Gasteiger partial charge < -0.3 is 5.32 Å². The number of fused-ring (bicyclic) bond motifs is 1. The van der Waals surface area contributed by atoms with Gasteiger partial charge in [-0.25, -0.2) is 0 Å². The van der Waals surface area contributed by atoms with E-state index >= 15 is 0 Å². The lowest BCUT2D eigenvalue weighted by molar-refractivity contribution is 0.868. The molecule has 0 unspecified atom stereocenters. The second kappa shape index (κ2) is 4.36. The number of pyridine rings is 1. The van der Waals surface area contributed by atoms with Gasteiger partial charge in [-0.15, -0.1) is 0 Å². The monoisotopic (exact) mass is 228 g/mol. The molecule has 0 aliphatic rings. The van der Waals surface area contributed by atoms with Crippen LogP contribution in [0.3, 0.4) is 0 Å². The first-order valence-electron chi connectivity index (χ1n) is 6.13. The zero-order chi connectivity index (χ0) is 12.6. The third-order valence-electron chi connectivity index (χ3n) is 3.41. The zero-order valence-electron chi connectivity index (χ0n) is 11.3. The van der Waals surface area contributed by atoms with E-state index in [1.807, 2.05) is 7.05 Å². The summed E-state index contributed by atoms with van der Waals surface area (Å²) in [4.78, 5) is 4.64. The van der Waals surface area contributed by atoms with Crippen LogP contribution in [0.25, 0.3) is 10.9 Å². The van der Waals surface area contributed by atoms with Crippen LogP contribution in [0, 0.1) is 13.8 Å². The molecule has 0 aliphatic heterocycles. The molecule has 0 fully saturated rings. The normalized spacial score (nSPS) is 11.2. The van der Waals surface area contributed by atoms with Crippen LogP contribution in [0.5, 0.6) is 0 Å². The Balaban J connectivity index is 2.79. The number of aryl methyl sites for hydroxylation is 1. The topological polar surface area (TPSA) is 24.9 Å². The maximum Gasteiger partial charge on any atom is 0.0726 e. The van der Waals surface area contributed by atoms with Gasteiger partial charge in [-0.05, 0) is 43.0 Å². The molecular weight excluding hydrogens is 208 g/mol. The standard InChI is InChI=1S/C15H20N2/c1-9(2)12-6-7-14-13(8-12)15(16-5)10(3)11(4)17-14/h6-9H,1-5H3,(H,16,17). The SMILES string of the molecule is CNc1c(C)c(C)nc2ccc(C(C)C)cc12. The first kappa shape index (κ1) is 11.9. The summed E-state index contributed by atoms with van der Waals surface area (Å²) in [6.45, 7) is 8.62. The lowest BCUT2D eigenvalue weighted by Crippen LogP contribution is -1.99. The number of hydrogen-bond donors (Lipinski definition) is 1. The van der Waals surface area contributed by atoms with Crippen LogP contribution in [-0.2, 0) is 0 Å². The van der Waals surface area contributed by atoms with E-state index in [1.54, 1.807) is 0 Å². The van der Waals surface area contributed by atoms with Gasteiger partial charge in [0.2, 0.25) is 0 Å². The van der Waals surface area contributed by atoms with Crippen molar-refractivity contribution in [3.63, 3.8) is 0 Å². The van der Waals surface area contributed by atoms with E-state index in [0.29, 0.717) is 5.92 Å². The van der Waals surface area contributed by atoms with Crippen molar-refractivity contribution in [1.82, 2.24) is 4.98 Å². The summed E-state index contributed by atoms with van der Waals surface area (Å²) in [5.74, 6) is 0.547. The van der Waals surface area contributed by atoms with Crippen molar-refractivity contribution < 1.29 is 0 Å². The molecule has 0 radical (unpaired) electrons. The number of anilines is 1. The molecule has 0 saturated heterocycles. The van der Waals surface area contributed by atoms with Crippen LogP contribution >= 0.6 is 0 Å². The average molecular weight is 228 g/mol. The molecule has 2 rings (SSSR count). The van der Waals surface area contributed by atoms with Crippen molar-refractivity contribution >= 4 is 16.6 Å². The summed E-state index contributed by atoms with van der Waals surface area (Å²) in [6.07, 6.45) is 0. The highest BCUT2D eigenvalue weighted by Gasteiger charge is 2.09. The Bertz CT molecular complexity index is 556. The van der Waals surface area contributed by atoms with E-state index < -0.39 is 0 Å². The van der Waals surface area contributed by atoms with Gasteiger partial charge in [-0.1, -0.05) is 19.9 Å². The summed E-state index contributed by atoms with van der Waals surface area (Å²) < 4.78 is 0. The zero-order valence-corrected chi connectivity index (χ0v) is 11.3. The summed E-state index contributed by atoms with van der Waals surface area (Å²) in [5, 5.41) is 4.53. The average Bonchev–Trinajstić information content (AvgIpc) is 2.30. The van der Waals surface area contributed by atoms with E-state index in [-0.39, 0.29) is 0 Å². The molecule has 0 atom stereocenters. The van der Waals surface area contributed by atoms with Gasteiger partial charge in [-0.2, -0.15) is 0 Å². The highest BCUT2D eigenvalue weighted by molar-refractivity contribution is 5.93. The molecule has 1 aromatic heterocycles. The van der Waals surface area contributed by atoms with Gasteiger partial charge in [0.15, 0.2) is 0 Å². The van der Waals surface area contributed by atoms with Crippen molar-refractivity contribution in [3.8, 4) is 0 Å². The highest BCUT2D eigenvalue weighted by atomic mass is 14.8. The Morgan fingerprint density at radius 2 is 1.88 bits per heavy atom. The van der Waals surface area contributed by atoms with E-state index in [9.17, 15) is 0 Å². The van der Waals surface area contributed by atoms with Gasteiger partial charge >= 0.3 is 0 Å². The third kappa shape index (κ3) is 1.99. The fraction of sp³-hybridized carbons (Fsp3) is 0.400. The molecule has 2 nitrogen and oxygen atoms in total. The van der Waals surface area contributed by atoms with Crippen LogP contribution in [0.4, 0.5) is 5.69 Å². The molecular formula is C15H20N2. The molecule has 0 bridgehead atoms. The van der Waals surface area contributed by atoms with Gasteiger partial charge in [-0.3, -0.25) is 4.98 Å².